The minimum Gasteiger partial charge on any atom is -0.489 e. The number of aromatic nitrogens is 3. The van der Waals surface area contributed by atoms with Crippen molar-refractivity contribution in [3.63, 3.8) is 0 Å². The van der Waals surface area contributed by atoms with Crippen LogP contribution in [0.1, 0.15) is 16.8 Å². The van der Waals surface area contributed by atoms with E-state index in [0.717, 1.165) is 44.8 Å². The van der Waals surface area contributed by atoms with Crippen LogP contribution in [0.4, 0.5) is 0 Å². The van der Waals surface area contributed by atoms with E-state index in [1.165, 1.54) is 0 Å². The number of pyridine rings is 3. The van der Waals surface area contributed by atoms with E-state index < -0.39 is 0 Å². The lowest BCUT2D eigenvalue weighted by molar-refractivity contribution is 0.302. The highest BCUT2D eigenvalue weighted by Crippen LogP contribution is 2.23. The fourth-order valence-corrected chi connectivity index (χ4v) is 3.58. The van der Waals surface area contributed by atoms with Gasteiger partial charge < -0.3 is 9.47 Å². The summed E-state index contributed by atoms with van der Waals surface area (Å²) < 4.78 is 12.0. The first-order valence-electron chi connectivity index (χ1n) is 11.0. The smallest absolute Gasteiger partial charge is 0.130 e. The van der Waals surface area contributed by atoms with Crippen LogP contribution in [0.5, 0.6) is 11.5 Å². The molecule has 5 heteroatoms. The normalized spacial score (nSPS) is 11.4. The van der Waals surface area contributed by atoms with Crippen molar-refractivity contribution in [2.75, 3.05) is 6.61 Å². The standard InChI is InChI=1S/C29H23N3O2/c1-2-4-29-24(3-1)5-8-26(32-29)21-34-27-9-6-23(7-10-27)25(19-22-11-15-30-16-12-22)20-33-28-13-17-31-18-14-28/h1-19H,20-21H2/b25-19-. The number of ether oxygens (including phenoxy) is 2. The fraction of sp³-hybridized carbons (Fsp3) is 0.0690. The van der Waals surface area contributed by atoms with Gasteiger partial charge in [0, 0.05) is 30.2 Å². The molecule has 5 aromatic rings. The Morgan fingerprint density at radius 3 is 2.18 bits per heavy atom. The Bertz CT molecular complexity index is 1390. The number of nitrogens with zero attached hydrogens (tertiary/aromatic N) is 3. The number of fused-ring (bicyclic) bond motifs is 1. The van der Waals surface area contributed by atoms with E-state index in [1.807, 2.05) is 72.8 Å². The van der Waals surface area contributed by atoms with Crippen LogP contribution < -0.4 is 9.47 Å². The molecule has 0 spiro atoms. The average molecular weight is 446 g/mol. The summed E-state index contributed by atoms with van der Waals surface area (Å²) >= 11 is 0. The molecule has 0 atom stereocenters. The van der Waals surface area contributed by atoms with Crippen molar-refractivity contribution in [1.29, 1.82) is 0 Å². The summed E-state index contributed by atoms with van der Waals surface area (Å²) in [4.78, 5) is 12.8. The third-order valence-electron chi connectivity index (χ3n) is 5.36. The molecule has 0 radical (unpaired) electrons. The Morgan fingerprint density at radius 1 is 0.676 bits per heavy atom. The second kappa shape index (κ2) is 10.4. The van der Waals surface area contributed by atoms with Crippen molar-refractivity contribution in [3.8, 4) is 11.5 Å². The molecule has 0 unspecified atom stereocenters. The molecule has 5 rings (SSSR count). The molecule has 0 saturated heterocycles. The molecule has 0 aliphatic rings. The molecule has 0 aliphatic carbocycles. The molecule has 0 amide bonds. The van der Waals surface area contributed by atoms with Crippen LogP contribution in [0, 0.1) is 0 Å². The number of benzene rings is 2. The highest BCUT2D eigenvalue weighted by Gasteiger charge is 2.06. The van der Waals surface area contributed by atoms with Crippen LogP contribution in [0.3, 0.4) is 0 Å². The number of hydrogen-bond donors (Lipinski definition) is 0. The predicted octanol–water partition coefficient (Wildman–Crippen LogP) is 6.22. The van der Waals surface area contributed by atoms with Crippen molar-refractivity contribution in [2.45, 2.75) is 6.61 Å². The van der Waals surface area contributed by atoms with E-state index in [4.69, 9.17) is 9.47 Å². The van der Waals surface area contributed by atoms with Gasteiger partial charge in [0.15, 0.2) is 0 Å². The second-order valence-corrected chi connectivity index (χ2v) is 7.73. The molecule has 2 aromatic carbocycles. The lowest BCUT2D eigenvalue weighted by Crippen LogP contribution is -2.02. The Labute approximate surface area is 198 Å². The first-order valence-corrected chi connectivity index (χ1v) is 11.0. The highest BCUT2D eigenvalue weighted by atomic mass is 16.5. The summed E-state index contributed by atoms with van der Waals surface area (Å²) in [7, 11) is 0. The van der Waals surface area contributed by atoms with Crippen molar-refractivity contribution in [1.82, 2.24) is 15.0 Å². The van der Waals surface area contributed by atoms with E-state index in [-0.39, 0.29) is 0 Å². The van der Waals surface area contributed by atoms with Gasteiger partial charge in [0.05, 0.1) is 11.2 Å². The van der Waals surface area contributed by atoms with Crippen molar-refractivity contribution < 1.29 is 9.47 Å². The molecular formula is C29H23N3O2. The maximum Gasteiger partial charge on any atom is 0.130 e. The Kier molecular flexibility index (Phi) is 6.53. The van der Waals surface area contributed by atoms with E-state index in [2.05, 4.69) is 33.2 Å². The van der Waals surface area contributed by atoms with E-state index in [0.29, 0.717) is 13.2 Å². The summed E-state index contributed by atoms with van der Waals surface area (Å²) in [6, 6.07) is 27.8. The summed E-state index contributed by atoms with van der Waals surface area (Å²) in [5, 5.41) is 1.12. The first-order chi connectivity index (χ1) is 16.8. The van der Waals surface area contributed by atoms with Gasteiger partial charge >= 0.3 is 0 Å². The lowest BCUT2D eigenvalue weighted by Gasteiger charge is -2.12. The zero-order valence-corrected chi connectivity index (χ0v) is 18.5. The Balaban J connectivity index is 1.31. The van der Waals surface area contributed by atoms with Gasteiger partial charge in [0.25, 0.3) is 0 Å². The van der Waals surface area contributed by atoms with Gasteiger partial charge in [-0.25, -0.2) is 4.98 Å². The zero-order valence-electron chi connectivity index (χ0n) is 18.5. The summed E-state index contributed by atoms with van der Waals surface area (Å²) in [5.74, 6) is 1.57. The summed E-state index contributed by atoms with van der Waals surface area (Å²) in [6.07, 6.45) is 9.11. The number of rotatable bonds is 8. The lowest BCUT2D eigenvalue weighted by atomic mass is 10.0. The van der Waals surface area contributed by atoms with Gasteiger partial charge in [0.1, 0.15) is 24.7 Å². The molecule has 34 heavy (non-hydrogen) atoms. The van der Waals surface area contributed by atoms with Gasteiger partial charge in [-0.1, -0.05) is 36.4 Å². The Hall–Kier alpha value is -4.51. The maximum atomic E-state index is 6.00. The molecule has 3 aromatic heterocycles. The first kappa shape index (κ1) is 21.3. The number of para-hydroxylation sites is 1. The minimum absolute atomic E-state index is 0.412. The highest BCUT2D eigenvalue weighted by molar-refractivity contribution is 5.82. The molecule has 3 heterocycles. The van der Waals surface area contributed by atoms with Crippen LogP contribution in [0.2, 0.25) is 0 Å². The molecule has 5 nitrogen and oxygen atoms in total. The number of hydrogen-bond acceptors (Lipinski definition) is 5. The van der Waals surface area contributed by atoms with E-state index in [9.17, 15) is 0 Å². The largest absolute Gasteiger partial charge is 0.489 e. The maximum absolute atomic E-state index is 6.00. The molecule has 0 fully saturated rings. The van der Waals surface area contributed by atoms with E-state index >= 15 is 0 Å². The third kappa shape index (κ3) is 5.45. The molecular weight excluding hydrogens is 422 g/mol. The quantitative estimate of drug-likeness (QED) is 0.284. The average Bonchev–Trinajstić information content (AvgIpc) is 2.91. The second-order valence-electron chi connectivity index (χ2n) is 7.73. The van der Waals surface area contributed by atoms with Crippen LogP contribution in [-0.4, -0.2) is 21.6 Å². The van der Waals surface area contributed by atoms with Crippen LogP contribution in [0.25, 0.3) is 22.6 Å². The monoisotopic (exact) mass is 445 g/mol. The fourth-order valence-electron chi connectivity index (χ4n) is 3.58. The molecule has 0 saturated carbocycles. The van der Waals surface area contributed by atoms with Crippen molar-refractivity contribution in [2.24, 2.45) is 0 Å². The molecule has 0 bridgehead atoms. The minimum atomic E-state index is 0.412. The van der Waals surface area contributed by atoms with Gasteiger partial charge in [0.2, 0.25) is 0 Å². The predicted molar refractivity (Wildman–Crippen MR) is 134 cm³/mol. The molecule has 0 aliphatic heterocycles. The zero-order chi connectivity index (χ0) is 23.0. The SMILES string of the molecule is C(=C(\COc1ccncc1)c1ccc(OCc2ccc3ccccc3n2)cc1)/c1ccncc1. The molecule has 166 valence electrons. The van der Waals surface area contributed by atoms with Crippen molar-refractivity contribution in [3.05, 3.63) is 127 Å². The summed E-state index contributed by atoms with van der Waals surface area (Å²) in [6.45, 7) is 0.836. The van der Waals surface area contributed by atoms with Gasteiger partial charge in [-0.05, 0) is 71.3 Å². The van der Waals surface area contributed by atoms with Crippen LogP contribution in [-0.2, 0) is 6.61 Å². The topological polar surface area (TPSA) is 57.1 Å². The van der Waals surface area contributed by atoms with Crippen molar-refractivity contribution >= 4 is 22.6 Å². The molecule has 0 N–H and O–H groups in total. The van der Waals surface area contributed by atoms with Gasteiger partial charge in [-0.3, -0.25) is 9.97 Å². The van der Waals surface area contributed by atoms with E-state index in [1.54, 1.807) is 24.8 Å². The summed E-state index contributed by atoms with van der Waals surface area (Å²) in [5.41, 5.74) is 5.03. The van der Waals surface area contributed by atoms with Gasteiger partial charge in [-0.2, -0.15) is 0 Å². The van der Waals surface area contributed by atoms with Crippen LogP contribution in [0.15, 0.2) is 110 Å². The van der Waals surface area contributed by atoms with Gasteiger partial charge in [-0.15, -0.1) is 0 Å². The Morgan fingerprint density at radius 2 is 1.38 bits per heavy atom. The third-order valence-corrected chi connectivity index (χ3v) is 5.36. The van der Waals surface area contributed by atoms with Crippen LogP contribution >= 0.6 is 0 Å².